The van der Waals surface area contributed by atoms with E-state index in [0.717, 1.165) is 5.69 Å². The number of ether oxygens (including phenoxy) is 2. The van der Waals surface area contributed by atoms with Crippen LogP contribution in [0.5, 0.6) is 0 Å². The first-order chi connectivity index (χ1) is 9.33. The summed E-state index contributed by atoms with van der Waals surface area (Å²) in [5.41, 5.74) is 0.515. The molecule has 0 aliphatic rings. The summed E-state index contributed by atoms with van der Waals surface area (Å²) in [7, 11) is 4.54. The lowest BCUT2D eigenvalue weighted by molar-refractivity contribution is -0.150. The fourth-order valence-electron chi connectivity index (χ4n) is 2.11. The van der Waals surface area contributed by atoms with Crippen molar-refractivity contribution >= 4 is 17.6 Å². The zero-order chi connectivity index (χ0) is 15.3. The summed E-state index contributed by atoms with van der Waals surface area (Å²) in [5, 5.41) is 0. The van der Waals surface area contributed by atoms with E-state index in [0.29, 0.717) is 12.1 Å². The Kier molecular flexibility index (Phi) is 5.13. The van der Waals surface area contributed by atoms with Crippen molar-refractivity contribution in [1.29, 1.82) is 0 Å². The van der Waals surface area contributed by atoms with Crippen LogP contribution in [-0.2, 0) is 14.3 Å². The van der Waals surface area contributed by atoms with Crippen LogP contribution in [0.4, 0.5) is 5.69 Å². The van der Waals surface area contributed by atoms with Crippen molar-refractivity contribution in [3.8, 4) is 0 Å². The van der Waals surface area contributed by atoms with E-state index >= 15 is 0 Å². The van der Waals surface area contributed by atoms with Gasteiger partial charge in [-0.15, -0.1) is 0 Å². The Bertz CT molecular complexity index is 496. The van der Waals surface area contributed by atoms with Crippen molar-refractivity contribution < 1.29 is 19.1 Å². The van der Waals surface area contributed by atoms with E-state index in [1.807, 2.05) is 24.1 Å². The average Bonchev–Trinajstić information content (AvgIpc) is 2.44. The van der Waals surface area contributed by atoms with E-state index in [1.165, 1.54) is 14.2 Å². The predicted molar refractivity (Wildman–Crippen MR) is 76.8 cm³/mol. The minimum atomic E-state index is -0.674. The summed E-state index contributed by atoms with van der Waals surface area (Å²) in [6.07, 6.45) is 0. The Morgan fingerprint density at radius 3 is 2.30 bits per heavy atom. The number of nitrogens with zero attached hydrogens (tertiary/aromatic N) is 1. The van der Waals surface area contributed by atoms with Crippen LogP contribution in [0.25, 0.3) is 0 Å². The van der Waals surface area contributed by atoms with E-state index in [-0.39, 0.29) is 5.97 Å². The molecular weight excluding hydrogens is 258 g/mol. The Morgan fingerprint density at radius 1 is 1.15 bits per heavy atom. The highest BCUT2D eigenvalue weighted by molar-refractivity contribution is 5.95. The van der Waals surface area contributed by atoms with Gasteiger partial charge in [0.25, 0.3) is 0 Å². The Labute approximate surface area is 119 Å². The predicted octanol–water partition coefficient (Wildman–Crippen LogP) is 2.11. The maximum atomic E-state index is 11.8. The van der Waals surface area contributed by atoms with Gasteiger partial charge in [-0.25, -0.2) is 4.79 Å². The topological polar surface area (TPSA) is 55.8 Å². The van der Waals surface area contributed by atoms with E-state index in [4.69, 9.17) is 9.47 Å². The first kappa shape index (κ1) is 16.0. The minimum absolute atomic E-state index is 0.292. The smallest absolute Gasteiger partial charge is 0.339 e. The van der Waals surface area contributed by atoms with Gasteiger partial charge in [-0.2, -0.15) is 0 Å². The standard InChI is InChI=1S/C15H21NO4/c1-15(2,14(18)20-5)10-16(3)12-9-7-6-8-11(12)13(17)19-4/h6-9H,10H2,1-5H3. The number of methoxy groups -OCH3 is 2. The van der Waals surface area contributed by atoms with Gasteiger partial charge in [-0.1, -0.05) is 12.1 Å². The normalized spacial score (nSPS) is 10.8. The Morgan fingerprint density at radius 2 is 1.75 bits per heavy atom. The fourth-order valence-corrected chi connectivity index (χ4v) is 2.11. The van der Waals surface area contributed by atoms with Crippen molar-refractivity contribution in [2.75, 3.05) is 32.7 Å². The molecule has 1 aromatic carbocycles. The molecule has 0 unspecified atom stereocenters. The molecule has 5 nitrogen and oxygen atoms in total. The molecule has 0 bridgehead atoms. The van der Waals surface area contributed by atoms with E-state index in [2.05, 4.69) is 0 Å². The van der Waals surface area contributed by atoms with Crippen LogP contribution in [0.1, 0.15) is 24.2 Å². The maximum Gasteiger partial charge on any atom is 0.339 e. The highest BCUT2D eigenvalue weighted by Gasteiger charge is 2.31. The number of rotatable bonds is 5. The number of anilines is 1. The summed E-state index contributed by atoms with van der Waals surface area (Å²) in [6, 6.07) is 7.13. The molecule has 0 amide bonds. The zero-order valence-corrected chi connectivity index (χ0v) is 12.6. The lowest BCUT2D eigenvalue weighted by atomic mass is 9.92. The molecule has 20 heavy (non-hydrogen) atoms. The van der Waals surface area contributed by atoms with Gasteiger partial charge in [0.2, 0.25) is 0 Å². The average molecular weight is 279 g/mol. The van der Waals surface area contributed by atoms with Gasteiger partial charge in [0, 0.05) is 13.6 Å². The number of carbonyl (C=O) groups excluding carboxylic acids is 2. The first-order valence-corrected chi connectivity index (χ1v) is 6.30. The molecule has 0 aliphatic carbocycles. The molecule has 0 atom stereocenters. The fraction of sp³-hybridized carbons (Fsp3) is 0.467. The number of carbonyl (C=O) groups is 2. The monoisotopic (exact) mass is 279 g/mol. The van der Waals surface area contributed by atoms with Crippen LogP contribution < -0.4 is 4.90 Å². The molecule has 1 aromatic rings. The van der Waals surface area contributed by atoms with Gasteiger partial charge in [-0.3, -0.25) is 4.79 Å². The van der Waals surface area contributed by atoms with E-state index < -0.39 is 11.4 Å². The van der Waals surface area contributed by atoms with Crippen molar-refractivity contribution in [2.24, 2.45) is 5.41 Å². The van der Waals surface area contributed by atoms with Crippen molar-refractivity contribution in [3.05, 3.63) is 29.8 Å². The van der Waals surface area contributed by atoms with Crippen molar-refractivity contribution in [2.45, 2.75) is 13.8 Å². The second kappa shape index (κ2) is 6.41. The Hall–Kier alpha value is -2.04. The summed E-state index contributed by atoms with van der Waals surface area (Å²) < 4.78 is 9.56. The third kappa shape index (κ3) is 3.50. The molecule has 0 aromatic heterocycles. The summed E-state index contributed by atoms with van der Waals surface area (Å²) in [5.74, 6) is -0.691. The number of esters is 2. The third-order valence-electron chi connectivity index (χ3n) is 3.09. The van der Waals surface area contributed by atoms with Crippen LogP contribution in [0.15, 0.2) is 24.3 Å². The van der Waals surface area contributed by atoms with Crippen LogP contribution in [0.2, 0.25) is 0 Å². The second-order valence-electron chi connectivity index (χ2n) is 5.24. The third-order valence-corrected chi connectivity index (χ3v) is 3.09. The number of hydrogen-bond acceptors (Lipinski definition) is 5. The first-order valence-electron chi connectivity index (χ1n) is 6.30. The SMILES string of the molecule is COC(=O)c1ccccc1N(C)CC(C)(C)C(=O)OC. The lowest BCUT2D eigenvalue weighted by Gasteiger charge is -2.30. The molecular formula is C15H21NO4. The number of benzene rings is 1. The van der Waals surface area contributed by atoms with Crippen molar-refractivity contribution in [1.82, 2.24) is 0 Å². The summed E-state index contributed by atoms with van der Waals surface area (Å²) in [4.78, 5) is 25.3. The zero-order valence-electron chi connectivity index (χ0n) is 12.6. The van der Waals surface area contributed by atoms with Gasteiger partial charge >= 0.3 is 11.9 Å². The quantitative estimate of drug-likeness (QED) is 0.773. The molecule has 5 heteroatoms. The Balaban J connectivity index is 3.01. The number of para-hydroxylation sites is 1. The molecule has 1 rings (SSSR count). The molecule has 0 saturated heterocycles. The van der Waals surface area contributed by atoms with Crippen LogP contribution in [-0.4, -0.2) is 39.8 Å². The van der Waals surface area contributed by atoms with Gasteiger partial charge in [-0.05, 0) is 26.0 Å². The van der Waals surface area contributed by atoms with E-state index in [9.17, 15) is 9.59 Å². The van der Waals surface area contributed by atoms with Crippen LogP contribution in [0, 0.1) is 5.41 Å². The maximum absolute atomic E-state index is 11.8. The van der Waals surface area contributed by atoms with E-state index in [1.54, 1.807) is 26.0 Å². The molecule has 110 valence electrons. The van der Waals surface area contributed by atoms with Gasteiger partial charge in [0.05, 0.1) is 30.9 Å². The lowest BCUT2D eigenvalue weighted by Crippen LogP contribution is -2.38. The highest BCUT2D eigenvalue weighted by Crippen LogP contribution is 2.25. The minimum Gasteiger partial charge on any atom is -0.469 e. The van der Waals surface area contributed by atoms with Crippen molar-refractivity contribution in [3.63, 3.8) is 0 Å². The molecule has 0 heterocycles. The molecule has 0 saturated carbocycles. The van der Waals surface area contributed by atoms with Gasteiger partial charge < -0.3 is 14.4 Å². The molecule has 0 spiro atoms. The van der Waals surface area contributed by atoms with Crippen LogP contribution in [0.3, 0.4) is 0 Å². The number of hydrogen-bond donors (Lipinski definition) is 0. The highest BCUT2D eigenvalue weighted by atomic mass is 16.5. The summed E-state index contributed by atoms with van der Waals surface area (Å²) in [6.45, 7) is 4.03. The molecule has 0 aliphatic heterocycles. The molecule has 0 radical (unpaired) electrons. The molecule has 0 fully saturated rings. The largest absolute Gasteiger partial charge is 0.469 e. The summed E-state index contributed by atoms with van der Waals surface area (Å²) >= 11 is 0. The van der Waals surface area contributed by atoms with Gasteiger partial charge in [0.15, 0.2) is 0 Å². The second-order valence-corrected chi connectivity index (χ2v) is 5.24. The van der Waals surface area contributed by atoms with Gasteiger partial charge in [0.1, 0.15) is 0 Å². The van der Waals surface area contributed by atoms with Crippen LogP contribution >= 0.6 is 0 Å². The molecule has 0 N–H and O–H groups in total.